The summed E-state index contributed by atoms with van der Waals surface area (Å²) in [6, 6.07) is 14.3. The zero-order chi connectivity index (χ0) is 17.2. The molecule has 1 aromatic heterocycles. The fourth-order valence-electron chi connectivity index (χ4n) is 2.33. The van der Waals surface area contributed by atoms with E-state index < -0.39 is 18.8 Å². The minimum Gasteiger partial charge on any atom is -0.452 e. The van der Waals surface area contributed by atoms with Gasteiger partial charge in [0.25, 0.3) is 0 Å². The molecule has 3 rings (SSSR count). The number of carbonyl (C=O) groups excluding carboxylic acids is 1. The second kappa shape index (κ2) is 6.35. The predicted octanol–water partition coefficient (Wildman–Crippen LogP) is 3.80. The van der Waals surface area contributed by atoms with Gasteiger partial charge in [-0.3, -0.25) is 4.68 Å². The molecule has 0 bridgehead atoms. The van der Waals surface area contributed by atoms with Crippen molar-refractivity contribution in [3.05, 3.63) is 65.9 Å². The summed E-state index contributed by atoms with van der Waals surface area (Å²) in [5, 5.41) is 4.92. The van der Waals surface area contributed by atoms with E-state index in [9.17, 15) is 18.0 Å². The average Bonchev–Trinajstić information content (AvgIpc) is 2.95. The second-order valence-electron chi connectivity index (χ2n) is 5.25. The fraction of sp³-hybridized carbons (Fsp3) is 0.176. The maximum absolute atomic E-state index is 12.1. The molecule has 1 heterocycles. The van der Waals surface area contributed by atoms with Gasteiger partial charge in [0.05, 0.1) is 23.8 Å². The SMILES string of the molecule is O=C(OCC(F)(F)F)c1ccc2c(cnn2Cc2ccccc2)c1. The number of alkyl halides is 3. The molecule has 0 aliphatic rings. The van der Waals surface area contributed by atoms with Crippen molar-refractivity contribution in [1.29, 1.82) is 0 Å². The topological polar surface area (TPSA) is 44.1 Å². The van der Waals surface area contributed by atoms with Crippen molar-refractivity contribution >= 4 is 16.9 Å². The number of esters is 1. The van der Waals surface area contributed by atoms with Crippen LogP contribution in [0.2, 0.25) is 0 Å². The quantitative estimate of drug-likeness (QED) is 0.682. The van der Waals surface area contributed by atoms with Gasteiger partial charge in [-0.1, -0.05) is 30.3 Å². The average molecular weight is 334 g/mol. The minimum atomic E-state index is -4.54. The fourth-order valence-corrected chi connectivity index (χ4v) is 2.33. The molecule has 0 aliphatic heterocycles. The number of aromatic nitrogens is 2. The summed E-state index contributed by atoms with van der Waals surface area (Å²) in [6.07, 6.45) is -2.97. The standard InChI is InChI=1S/C17H13F3N2O2/c18-17(19,20)11-24-16(23)13-6-7-15-14(8-13)9-21-22(15)10-12-4-2-1-3-5-12/h1-9H,10-11H2. The zero-order valence-electron chi connectivity index (χ0n) is 12.5. The highest BCUT2D eigenvalue weighted by molar-refractivity contribution is 5.94. The first-order valence-corrected chi connectivity index (χ1v) is 7.16. The molecule has 0 saturated carbocycles. The smallest absolute Gasteiger partial charge is 0.422 e. The summed E-state index contributed by atoms with van der Waals surface area (Å²) in [6.45, 7) is -1.04. The lowest BCUT2D eigenvalue weighted by atomic mass is 10.1. The van der Waals surface area contributed by atoms with Crippen LogP contribution in [0.3, 0.4) is 0 Å². The largest absolute Gasteiger partial charge is 0.452 e. The minimum absolute atomic E-state index is 0.0611. The van der Waals surface area contributed by atoms with Crippen molar-refractivity contribution < 1.29 is 22.7 Å². The van der Waals surface area contributed by atoms with E-state index in [1.165, 1.54) is 12.1 Å². The monoisotopic (exact) mass is 334 g/mol. The summed E-state index contributed by atoms with van der Waals surface area (Å²) in [7, 11) is 0. The van der Waals surface area contributed by atoms with Gasteiger partial charge in [0.1, 0.15) is 0 Å². The highest BCUT2D eigenvalue weighted by Gasteiger charge is 2.29. The molecule has 0 amide bonds. The summed E-state index contributed by atoms with van der Waals surface area (Å²) in [5.74, 6) is -1.01. The lowest BCUT2D eigenvalue weighted by Crippen LogP contribution is -2.20. The number of hydrogen-bond donors (Lipinski definition) is 0. The Morgan fingerprint density at radius 1 is 1.12 bits per heavy atom. The predicted molar refractivity (Wildman–Crippen MR) is 81.6 cm³/mol. The Hall–Kier alpha value is -2.83. The van der Waals surface area contributed by atoms with E-state index in [-0.39, 0.29) is 5.56 Å². The van der Waals surface area contributed by atoms with E-state index in [0.717, 1.165) is 11.1 Å². The van der Waals surface area contributed by atoms with Crippen molar-refractivity contribution in [2.24, 2.45) is 0 Å². The summed E-state index contributed by atoms with van der Waals surface area (Å²) in [5.41, 5.74) is 1.91. The van der Waals surface area contributed by atoms with Gasteiger partial charge in [-0.05, 0) is 23.8 Å². The molecule has 0 radical (unpaired) electrons. The molecular weight excluding hydrogens is 321 g/mol. The van der Waals surface area contributed by atoms with Crippen LogP contribution in [-0.4, -0.2) is 28.5 Å². The van der Waals surface area contributed by atoms with E-state index in [1.807, 2.05) is 30.3 Å². The zero-order valence-corrected chi connectivity index (χ0v) is 12.5. The van der Waals surface area contributed by atoms with Crippen molar-refractivity contribution in [2.75, 3.05) is 6.61 Å². The van der Waals surface area contributed by atoms with E-state index >= 15 is 0 Å². The summed E-state index contributed by atoms with van der Waals surface area (Å²) < 4.78 is 42.3. The number of benzene rings is 2. The maximum Gasteiger partial charge on any atom is 0.422 e. The molecule has 0 atom stereocenters. The van der Waals surface area contributed by atoms with Gasteiger partial charge >= 0.3 is 12.1 Å². The summed E-state index contributed by atoms with van der Waals surface area (Å²) in [4.78, 5) is 11.7. The number of hydrogen-bond acceptors (Lipinski definition) is 3. The lowest BCUT2D eigenvalue weighted by Gasteiger charge is -2.08. The molecule has 0 unspecified atom stereocenters. The molecule has 0 saturated heterocycles. The Morgan fingerprint density at radius 3 is 2.58 bits per heavy atom. The van der Waals surface area contributed by atoms with Gasteiger partial charge in [0, 0.05) is 5.39 Å². The first-order valence-electron chi connectivity index (χ1n) is 7.16. The van der Waals surface area contributed by atoms with Crippen LogP contribution in [0.4, 0.5) is 13.2 Å². The van der Waals surface area contributed by atoms with Crippen LogP contribution in [0, 0.1) is 0 Å². The highest BCUT2D eigenvalue weighted by Crippen LogP contribution is 2.19. The van der Waals surface area contributed by atoms with Crippen molar-refractivity contribution in [1.82, 2.24) is 9.78 Å². The Bertz CT molecular complexity index is 857. The van der Waals surface area contributed by atoms with Gasteiger partial charge in [0.15, 0.2) is 6.61 Å². The third-order valence-electron chi connectivity index (χ3n) is 3.42. The number of halogens is 3. The first kappa shape index (κ1) is 16.0. The first-order chi connectivity index (χ1) is 11.4. The van der Waals surface area contributed by atoms with Gasteiger partial charge < -0.3 is 4.74 Å². The Kier molecular flexibility index (Phi) is 4.24. The maximum atomic E-state index is 12.1. The lowest BCUT2D eigenvalue weighted by molar-refractivity contribution is -0.161. The van der Waals surface area contributed by atoms with E-state index in [0.29, 0.717) is 11.9 Å². The molecule has 2 aromatic carbocycles. The van der Waals surface area contributed by atoms with Gasteiger partial charge in [-0.2, -0.15) is 18.3 Å². The van der Waals surface area contributed by atoms with Crippen LogP contribution >= 0.6 is 0 Å². The number of nitrogens with zero attached hydrogens (tertiary/aromatic N) is 2. The number of carbonyl (C=O) groups is 1. The van der Waals surface area contributed by atoms with Gasteiger partial charge in [0.2, 0.25) is 0 Å². The van der Waals surface area contributed by atoms with E-state index in [1.54, 1.807) is 16.9 Å². The van der Waals surface area contributed by atoms with Crippen LogP contribution in [0.5, 0.6) is 0 Å². The molecule has 24 heavy (non-hydrogen) atoms. The molecule has 4 nitrogen and oxygen atoms in total. The van der Waals surface area contributed by atoms with Crippen LogP contribution in [-0.2, 0) is 11.3 Å². The second-order valence-corrected chi connectivity index (χ2v) is 5.25. The Morgan fingerprint density at radius 2 is 1.88 bits per heavy atom. The van der Waals surface area contributed by atoms with Gasteiger partial charge in [-0.15, -0.1) is 0 Å². The third kappa shape index (κ3) is 3.73. The van der Waals surface area contributed by atoms with Crippen LogP contribution in [0.25, 0.3) is 10.9 Å². The summed E-state index contributed by atoms with van der Waals surface area (Å²) >= 11 is 0. The molecule has 0 spiro atoms. The number of ether oxygens (including phenoxy) is 1. The Labute approximate surface area is 135 Å². The van der Waals surface area contributed by atoms with Crippen LogP contribution in [0.1, 0.15) is 15.9 Å². The normalized spacial score (nSPS) is 11.6. The van der Waals surface area contributed by atoms with Crippen LogP contribution < -0.4 is 0 Å². The Balaban J connectivity index is 1.79. The van der Waals surface area contributed by atoms with E-state index in [2.05, 4.69) is 9.84 Å². The third-order valence-corrected chi connectivity index (χ3v) is 3.42. The van der Waals surface area contributed by atoms with E-state index in [4.69, 9.17) is 0 Å². The highest BCUT2D eigenvalue weighted by atomic mass is 19.4. The number of fused-ring (bicyclic) bond motifs is 1. The van der Waals surface area contributed by atoms with Gasteiger partial charge in [-0.25, -0.2) is 4.79 Å². The molecule has 124 valence electrons. The van der Waals surface area contributed by atoms with Crippen molar-refractivity contribution in [3.8, 4) is 0 Å². The molecule has 7 heteroatoms. The molecule has 0 fully saturated rings. The molecule has 3 aromatic rings. The van der Waals surface area contributed by atoms with Crippen molar-refractivity contribution in [3.63, 3.8) is 0 Å². The number of rotatable bonds is 4. The van der Waals surface area contributed by atoms with Crippen molar-refractivity contribution in [2.45, 2.75) is 12.7 Å². The van der Waals surface area contributed by atoms with Crippen LogP contribution in [0.15, 0.2) is 54.7 Å². The molecular formula is C17H13F3N2O2. The molecule has 0 aliphatic carbocycles. The molecule has 0 N–H and O–H groups in total.